The zero-order valence-electron chi connectivity index (χ0n) is 16.4. The van der Waals surface area contributed by atoms with Crippen molar-refractivity contribution >= 4 is 46.1 Å². The summed E-state index contributed by atoms with van der Waals surface area (Å²) in [6, 6.07) is 11.7. The molecule has 2 aromatic rings. The van der Waals surface area contributed by atoms with Crippen molar-refractivity contribution in [2.45, 2.75) is 6.92 Å². The molecule has 0 heterocycles. The van der Waals surface area contributed by atoms with Crippen molar-refractivity contribution in [3.63, 3.8) is 0 Å². The standard InChI is InChI=1S/C21H24IN3O3S/c1-4-8-23-21(29)25-24-14-16-12-18(22)20(19(13-16)26-3)28-10-9-27-17-7-5-6-15(2)11-17/h4-7,11-14H,1,8-10H2,2-3H3,(H2,23,25,29)/b24-14-. The molecule has 0 saturated heterocycles. The molecule has 0 amide bonds. The predicted molar refractivity (Wildman–Crippen MR) is 129 cm³/mol. The van der Waals surface area contributed by atoms with Crippen LogP contribution in [0, 0.1) is 10.5 Å². The van der Waals surface area contributed by atoms with Crippen molar-refractivity contribution in [1.29, 1.82) is 0 Å². The molecule has 2 N–H and O–H groups in total. The molecule has 8 heteroatoms. The molecule has 2 aromatic carbocycles. The van der Waals surface area contributed by atoms with Crippen LogP contribution in [0.3, 0.4) is 0 Å². The molecule has 0 aliphatic heterocycles. The molecule has 6 nitrogen and oxygen atoms in total. The zero-order valence-corrected chi connectivity index (χ0v) is 19.4. The second kappa shape index (κ2) is 12.3. The fourth-order valence-corrected chi connectivity index (χ4v) is 3.25. The van der Waals surface area contributed by atoms with E-state index in [4.69, 9.17) is 26.4 Å². The quantitative estimate of drug-likeness (QED) is 0.122. The first-order valence-corrected chi connectivity index (χ1v) is 10.4. The zero-order chi connectivity index (χ0) is 21.1. The maximum absolute atomic E-state index is 5.89. The minimum atomic E-state index is 0.401. The molecule has 0 atom stereocenters. The summed E-state index contributed by atoms with van der Waals surface area (Å²) in [7, 11) is 1.61. The molecule has 0 saturated carbocycles. The van der Waals surface area contributed by atoms with E-state index in [2.05, 4.69) is 45.0 Å². The third kappa shape index (κ3) is 7.90. The number of hydrazone groups is 1. The van der Waals surface area contributed by atoms with Crippen LogP contribution in [0.25, 0.3) is 0 Å². The van der Waals surface area contributed by atoms with Gasteiger partial charge in [-0.05, 0) is 77.1 Å². The van der Waals surface area contributed by atoms with Crippen LogP contribution in [-0.4, -0.2) is 38.2 Å². The molecular formula is C21H24IN3O3S. The summed E-state index contributed by atoms with van der Waals surface area (Å²) in [6.07, 6.45) is 3.38. The summed E-state index contributed by atoms with van der Waals surface area (Å²) >= 11 is 7.30. The summed E-state index contributed by atoms with van der Waals surface area (Å²) < 4.78 is 18.0. The Bertz CT molecular complexity index is 874. The monoisotopic (exact) mass is 525 g/mol. The highest BCUT2D eigenvalue weighted by Crippen LogP contribution is 2.33. The predicted octanol–water partition coefficient (Wildman–Crippen LogP) is 4.05. The Hall–Kier alpha value is -2.33. The largest absolute Gasteiger partial charge is 0.493 e. The fraction of sp³-hybridized carbons (Fsp3) is 0.238. The van der Waals surface area contributed by atoms with Gasteiger partial charge in [0.1, 0.15) is 19.0 Å². The van der Waals surface area contributed by atoms with Crippen LogP contribution in [0.2, 0.25) is 0 Å². The Balaban J connectivity index is 1.93. The van der Waals surface area contributed by atoms with Gasteiger partial charge in [-0.1, -0.05) is 18.2 Å². The molecule has 154 valence electrons. The van der Waals surface area contributed by atoms with Gasteiger partial charge in [0, 0.05) is 6.54 Å². The number of nitrogens with zero attached hydrogens (tertiary/aromatic N) is 1. The van der Waals surface area contributed by atoms with Gasteiger partial charge in [-0.15, -0.1) is 6.58 Å². The number of benzene rings is 2. The van der Waals surface area contributed by atoms with E-state index in [9.17, 15) is 0 Å². The maximum atomic E-state index is 5.89. The molecule has 0 unspecified atom stereocenters. The van der Waals surface area contributed by atoms with Gasteiger partial charge in [0.25, 0.3) is 0 Å². The molecule has 0 bridgehead atoms. The third-order valence-electron chi connectivity index (χ3n) is 3.63. The highest BCUT2D eigenvalue weighted by atomic mass is 127. The summed E-state index contributed by atoms with van der Waals surface area (Å²) in [4.78, 5) is 0. The van der Waals surface area contributed by atoms with E-state index in [-0.39, 0.29) is 0 Å². The van der Waals surface area contributed by atoms with E-state index in [1.165, 1.54) is 0 Å². The van der Waals surface area contributed by atoms with Crippen molar-refractivity contribution in [3.8, 4) is 17.2 Å². The van der Waals surface area contributed by atoms with Gasteiger partial charge in [0.2, 0.25) is 0 Å². The van der Waals surface area contributed by atoms with Gasteiger partial charge in [0.15, 0.2) is 16.6 Å². The van der Waals surface area contributed by atoms with E-state index < -0.39 is 0 Å². The minimum absolute atomic E-state index is 0.401. The van der Waals surface area contributed by atoms with Crippen molar-refractivity contribution in [2.24, 2.45) is 5.10 Å². The second-order valence-corrected chi connectivity index (χ2v) is 7.49. The van der Waals surface area contributed by atoms with Crippen LogP contribution in [0.5, 0.6) is 17.2 Å². The molecule has 0 aliphatic carbocycles. The van der Waals surface area contributed by atoms with Gasteiger partial charge in [-0.25, -0.2) is 0 Å². The van der Waals surface area contributed by atoms with Gasteiger partial charge < -0.3 is 19.5 Å². The molecule has 2 rings (SSSR count). The first kappa shape index (κ1) is 23.0. The minimum Gasteiger partial charge on any atom is -0.493 e. The van der Waals surface area contributed by atoms with Crippen molar-refractivity contribution in [2.75, 3.05) is 26.9 Å². The number of methoxy groups -OCH3 is 1. The van der Waals surface area contributed by atoms with E-state index in [1.54, 1.807) is 19.4 Å². The first-order valence-electron chi connectivity index (χ1n) is 8.91. The Morgan fingerprint density at radius 1 is 1.24 bits per heavy atom. The van der Waals surface area contributed by atoms with Crippen LogP contribution in [0.4, 0.5) is 0 Å². The lowest BCUT2D eigenvalue weighted by Gasteiger charge is -2.14. The Kier molecular flexibility index (Phi) is 9.72. The number of thiocarbonyl (C=S) groups is 1. The van der Waals surface area contributed by atoms with E-state index in [0.717, 1.165) is 20.4 Å². The molecule has 29 heavy (non-hydrogen) atoms. The van der Waals surface area contributed by atoms with E-state index in [1.807, 2.05) is 43.3 Å². The lowest BCUT2D eigenvalue weighted by atomic mass is 10.2. The third-order valence-corrected chi connectivity index (χ3v) is 4.66. The Labute approximate surface area is 190 Å². The summed E-state index contributed by atoms with van der Waals surface area (Å²) in [6.45, 7) is 7.06. The smallest absolute Gasteiger partial charge is 0.187 e. The average Bonchev–Trinajstić information content (AvgIpc) is 2.70. The summed E-state index contributed by atoms with van der Waals surface area (Å²) in [5.41, 5.74) is 4.76. The number of rotatable bonds is 10. The van der Waals surface area contributed by atoms with Crippen LogP contribution < -0.4 is 25.0 Å². The van der Waals surface area contributed by atoms with E-state index in [0.29, 0.717) is 36.4 Å². The van der Waals surface area contributed by atoms with Crippen LogP contribution >= 0.6 is 34.8 Å². The molecule has 0 aliphatic rings. The topological polar surface area (TPSA) is 64.1 Å². The highest BCUT2D eigenvalue weighted by molar-refractivity contribution is 14.1. The maximum Gasteiger partial charge on any atom is 0.187 e. The number of hydrogen-bond donors (Lipinski definition) is 2. The summed E-state index contributed by atoms with van der Waals surface area (Å²) in [5, 5.41) is 7.49. The van der Waals surface area contributed by atoms with Crippen molar-refractivity contribution in [3.05, 3.63) is 63.8 Å². The fourth-order valence-electron chi connectivity index (χ4n) is 2.33. The normalized spacial score (nSPS) is 10.4. The lowest BCUT2D eigenvalue weighted by molar-refractivity contribution is 0.210. The van der Waals surface area contributed by atoms with Crippen LogP contribution in [0.15, 0.2) is 54.2 Å². The number of ether oxygens (including phenoxy) is 3. The van der Waals surface area contributed by atoms with Crippen LogP contribution in [0.1, 0.15) is 11.1 Å². The van der Waals surface area contributed by atoms with Gasteiger partial charge in [-0.2, -0.15) is 5.10 Å². The number of aryl methyl sites for hydroxylation is 1. The van der Waals surface area contributed by atoms with Crippen LogP contribution in [-0.2, 0) is 0 Å². The first-order chi connectivity index (χ1) is 14.0. The highest BCUT2D eigenvalue weighted by Gasteiger charge is 2.11. The number of halogens is 1. The van der Waals surface area contributed by atoms with Gasteiger partial charge in [-0.3, -0.25) is 5.43 Å². The Morgan fingerprint density at radius 2 is 2.03 bits per heavy atom. The summed E-state index contributed by atoms with van der Waals surface area (Å²) in [5.74, 6) is 2.13. The average molecular weight is 525 g/mol. The lowest BCUT2D eigenvalue weighted by Crippen LogP contribution is -2.31. The van der Waals surface area contributed by atoms with E-state index >= 15 is 0 Å². The Morgan fingerprint density at radius 3 is 2.76 bits per heavy atom. The molecule has 0 fully saturated rings. The van der Waals surface area contributed by atoms with Gasteiger partial charge >= 0.3 is 0 Å². The number of hydrogen-bond acceptors (Lipinski definition) is 5. The van der Waals surface area contributed by atoms with Crippen molar-refractivity contribution < 1.29 is 14.2 Å². The molecule has 0 spiro atoms. The SMILES string of the molecule is C=CCNC(=S)N/N=C\c1cc(I)c(OCCOc2cccc(C)c2)c(OC)c1. The number of nitrogens with one attached hydrogen (secondary N) is 2. The molecular weight excluding hydrogens is 501 g/mol. The molecule has 0 radical (unpaired) electrons. The molecule has 0 aromatic heterocycles. The van der Waals surface area contributed by atoms with Crippen molar-refractivity contribution in [1.82, 2.24) is 10.7 Å². The second-order valence-electron chi connectivity index (χ2n) is 5.92. The van der Waals surface area contributed by atoms with Gasteiger partial charge in [0.05, 0.1) is 16.9 Å².